The maximum atomic E-state index is 12.4. The van der Waals surface area contributed by atoms with Gasteiger partial charge in [-0.05, 0) is 19.1 Å². The average molecular weight is 290 g/mol. The standard InChI is InChI=1S/C13H11FN4OS/c1-8-6-19-13-11(8)12(16-7-17-13)18(2)9-3-4-10(20-14)15-5-9/h3-7H,1-2H3. The van der Waals surface area contributed by atoms with Gasteiger partial charge in [0, 0.05) is 12.6 Å². The van der Waals surface area contributed by atoms with Crippen LogP contribution in [-0.2, 0) is 0 Å². The Balaban J connectivity index is 2.07. The quantitative estimate of drug-likeness (QED) is 0.733. The number of aryl methyl sites for hydroxylation is 1. The molecule has 0 spiro atoms. The lowest BCUT2D eigenvalue weighted by atomic mass is 10.2. The minimum atomic E-state index is 0.121. The van der Waals surface area contributed by atoms with Gasteiger partial charge in [-0.2, -0.15) is 3.89 Å². The first kappa shape index (κ1) is 12.9. The van der Waals surface area contributed by atoms with Gasteiger partial charge in [0.05, 0.1) is 23.5 Å². The van der Waals surface area contributed by atoms with E-state index in [1.165, 1.54) is 6.33 Å². The molecule has 0 saturated heterocycles. The molecule has 7 heteroatoms. The van der Waals surface area contributed by atoms with Gasteiger partial charge in [-0.3, -0.25) is 0 Å². The smallest absolute Gasteiger partial charge is 0.231 e. The van der Waals surface area contributed by atoms with Crippen LogP contribution in [0, 0.1) is 6.92 Å². The molecule has 0 saturated carbocycles. The second-order valence-corrected chi connectivity index (χ2v) is 4.86. The van der Waals surface area contributed by atoms with E-state index in [1.807, 2.05) is 18.9 Å². The molecule has 20 heavy (non-hydrogen) atoms. The number of pyridine rings is 1. The van der Waals surface area contributed by atoms with Crippen LogP contribution in [0.1, 0.15) is 5.56 Å². The van der Waals surface area contributed by atoms with Crippen LogP contribution in [0.25, 0.3) is 11.1 Å². The highest BCUT2D eigenvalue weighted by Gasteiger charge is 2.15. The molecule has 0 aromatic carbocycles. The zero-order valence-electron chi connectivity index (χ0n) is 10.9. The number of hydrogen-bond donors (Lipinski definition) is 0. The number of furan rings is 1. The molecule has 0 unspecified atom stereocenters. The average Bonchev–Trinajstić information content (AvgIpc) is 2.88. The van der Waals surface area contributed by atoms with E-state index in [0.717, 1.165) is 22.5 Å². The zero-order valence-corrected chi connectivity index (χ0v) is 11.7. The third-order valence-electron chi connectivity index (χ3n) is 3.04. The fourth-order valence-corrected chi connectivity index (χ4v) is 2.20. The molecule has 0 atom stereocenters. The normalized spacial score (nSPS) is 10.9. The minimum Gasteiger partial charge on any atom is -0.446 e. The topological polar surface area (TPSA) is 55.1 Å². The number of halogens is 1. The van der Waals surface area contributed by atoms with E-state index in [0.29, 0.717) is 10.7 Å². The lowest BCUT2D eigenvalue weighted by molar-refractivity contribution is 0.600. The molecule has 0 aliphatic heterocycles. The van der Waals surface area contributed by atoms with Gasteiger partial charge < -0.3 is 9.32 Å². The summed E-state index contributed by atoms with van der Waals surface area (Å²) < 4.78 is 17.8. The van der Waals surface area contributed by atoms with E-state index in [2.05, 4.69) is 15.0 Å². The molecule has 0 fully saturated rings. The SMILES string of the molecule is Cc1coc2ncnc(N(C)c3ccc(SF)nc3)c12. The van der Waals surface area contributed by atoms with Gasteiger partial charge >= 0.3 is 0 Å². The Morgan fingerprint density at radius 3 is 2.80 bits per heavy atom. The molecular weight excluding hydrogens is 279 g/mol. The predicted octanol–water partition coefficient (Wildman–Crippen LogP) is 3.67. The van der Waals surface area contributed by atoms with Crippen molar-refractivity contribution in [2.45, 2.75) is 11.9 Å². The van der Waals surface area contributed by atoms with Crippen LogP contribution in [0.4, 0.5) is 15.4 Å². The van der Waals surface area contributed by atoms with Crippen LogP contribution in [-0.4, -0.2) is 22.0 Å². The highest BCUT2D eigenvalue weighted by Crippen LogP contribution is 2.31. The van der Waals surface area contributed by atoms with Gasteiger partial charge in [0.25, 0.3) is 0 Å². The van der Waals surface area contributed by atoms with Crippen molar-refractivity contribution in [3.05, 3.63) is 36.5 Å². The molecule has 0 radical (unpaired) electrons. The van der Waals surface area contributed by atoms with Crippen molar-refractivity contribution in [1.29, 1.82) is 0 Å². The highest BCUT2D eigenvalue weighted by molar-refractivity contribution is 7.94. The third kappa shape index (κ3) is 2.09. The van der Waals surface area contributed by atoms with Gasteiger partial charge in [-0.25, -0.2) is 15.0 Å². The second kappa shape index (κ2) is 5.09. The largest absolute Gasteiger partial charge is 0.446 e. The monoisotopic (exact) mass is 290 g/mol. The van der Waals surface area contributed by atoms with E-state index >= 15 is 0 Å². The summed E-state index contributed by atoms with van der Waals surface area (Å²) in [5.41, 5.74) is 2.32. The molecule has 3 rings (SSSR count). The number of aromatic nitrogens is 3. The summed E-state index contributed by atoms with van der Waals surface area (Å²) in [5, 5.41) is 1.19. The molecule has 102 valence electrons. The molecule has 0 bridgehead atoms. The lowest BCUT2D eigenvalue weighted by Gasteiger charge is -2.18. The fraction of sp³-hybridized carbons (Fsp3) is 0.154. The van der Waals surface area contributed by atoms with E-state index in [1.54, 1.807) is 24.6 Å². The molecular formula is C13H11FN4OS. The van der Waals surface area contributed by atoms with Crippen LogP contribution >= 0.6 is 12.1 Å². The van der Waals surface area contributed by atoms with E-state index < -0.39 is 0 Å². The van der Waals surface area contributed by atoms with Crippen molar-refractivity contribution in [3.63, 3.8) is 0 Å². The number of anilines is 2. The third-order valence-corrected chi connectivity index (χ3v) is 3.44. The zero-order chi connectivity index (χ0) is 14.1. The molecule has 3 aromatic heterocycles. The first-order chi connectivity index (χ1) is 9.70. The second-order valence-electron chi connectivity index (χ2n) is 4.29. The first-order valence-corrected chi connectivity index (χ1v) is 6.59. The predicted molar refractivity (Wildman–Crippen MR) is 75.8 cm³/mol. The van der Waals surface area contributed by atoms with Crippen LogP contribution in [0.3, 0.4) is 0 Å². The van der Waals surface area contributed by atoms with Crippen LogP contribution < -0.4 is 4.90 Å². The summed E-state index contributed by atoms with van der Waals surface area (Å²) in [6.07, 6.45) is 4.71. The van der Waals surface area contributed by atoms with Crippen LogP contribution in [0.15, 0.2) is 40.4 Å². The molecule has 0 amide bonds. The van der Waals surface area contributed by atoms with E-state index in [9.17, 15) is 3.89 Å². The summed E-state index contributed by atoms with van der Waals surface area (Å²) in [7, 11) is 1.87. The number of rotatable bonds is 3. The van der Waals surface area contributed by atoms with Gasteiger partial charge in [-0.15, -0.1) is 0 Å². The summed E-state index contributed by atoms with van der Waals surface area (Å²) in [5.74, 6) is 0.726. The molecule has 0 aliphatic carbocycles. The van der Waals surface area contributed by atoms with E-state index in [-0.39, 0.29) is 12.1 Å². The molecule has 5 nitrogen and oxygen atoms in total. The van der Waals surface area contributed by atoms with Gasteiger partial charge in [0.1, 0.15) is 29.3 Å². The Bertz CT molecular complexity index is 744. The van der Waals surface area contributed by atoms with Crippen LogP contribution in [0.2, 0.25) is 0 Å². The Labute approximate surface area is 119 Å². The Morgan fingerprint density at radius 1 is 1.25 bits per heavy atom. The number of fused-ring (bicyclic) bond motifs is 1. The van der Waals surface area contributed by atoms with Crippen molar-refractivity contribution in [3.8, 4) is 0 Å². The van der Waals surface area contributed by atoms with Crippen molar-refractivity contribution >= 4 is 34.8 Å². The Hall–Kier alpha value is -2.15. The molecule has 3 heterocycles. The number of nitrogens with zero attached hydrogens (tertiary/aromatic N) is 4. The van der Waals surface area contributed by atoms with Crippen molar-refractivity contribution < 1.29 is 8.30 Å². The molecule has 3 aromatic rings. The highest BCUT2D eigenvalue weighted by atomic mass is 32.2. The van der Waals surface area contributed by atoms with Crippen molar-refractivity contribution in [1.82, 2.24) is 15.0 Å². The van der Waals surface area contributed by atoms with Gasteiger partial charge in [-0.1, -0.05) is 0 Å². The summed E-state index contributed by atoms with van der Waals surface area (Å²) in [6, 6.07) is 3.41. The summed E-state index contributed by atoms with van der Waals surface area (Å²) in [6.45, 7) is 1.94. The number of hydrogen-bond acceptors (Lipinski definition) is 6. The fourth-order valence-electron chi connectivity index (χ4n) is 1.99. The van der Waals surface area contributed by atoms with Gasteiger partial charge in [0.15, 0.2) is 0 Å². The first-order valence-electron chi connectivity index (χ1n) is 5.88. The maximum absolute atomic E-state index is 12.4. The Morgan fingerprint density at radius 2 is 2.10 bits per heavy atom. The Kier molecular flexibility index (Phi) is 3.27. The summed E-state index contributed by atoms with van der Waals surface area (Å²) >= 11 is 0.121. The van der Waals surface area contributed by atoms with Crippen LogP contribution in [0.5, 0.6) is 0 Å². The molecule has 0 aliphatic rings. The van der Waals surface area contributed by atoms with Crippen molar-refractivity contribution in [2.24, 2.45) is 0 Å². The van der Waals surface area contributed by atoms with Crippen molar-refractivity contribution in [2.75, 3.05) is 11.9 Å². The minimum absolute atomic E-state index is 0.121. The molecule has 0 N–H and O–H groups in total. The summed E-state index contributed by atoms with van der Waals surface area (Å²) in [4.78, 5) is 14.3. The van der Waals surface area contributed by atoms with Gasteiger partial charge in [0.2, 0.25) is 5.71 Å². The lowest BCUT2D eigenvalue weighted by Crippen LogP contribution is -2.12. The van der Waals surface area contributed by atoms with E-state index in [4.69, 9.17) is 4.42 Å². The maximum Gasteiger partial charge on any atom is 0.231 e.